The first-order chi connectivity index (χ1) is 14.6. The third-order valence-electron chi connectivity index (χ3n) is 5.25. The van der Waals surface area contributed by atoms with Gasteiger partial charge >= 0.3 is 18.1 Å². The van der Waals surface area contributed by atoms with Gasteiger partial charge in [0, 0.05) is 13.1 Å². The van der Waals surface area contributed by atoms with E-state index in [1.54, 1.807) is 27.7 Å². The van der Waals surface area contributed by atoms with Gasteiger partial charge in [-0.3, -0.25) is 4.79 Å². The summed E-state index contributed by atoms with van der Waals surface area (Å²) in [6.45, 7) is 10.3. The van der Waals surface area contributed by atoms with E-state index < -0.39 is 30.2 Å². The smallest absolute Gasteiger partial charge is 0.466 e. The maximum absolute atomic E-state index is 12.3. The molecule has 0 radical (unpaired) electrons. The van der Waals surface area contributed by atoms with Crippen LogP contribution in [0.3, 0.4) is 0 Å². The Morgan fingerprint density at radius 3 is 2.16 bits per heavy atom. The zero-order chi connectivity index (χ0) is 23.0. The molecule has 1 saturated heterocycles. The zero-order valence-electron chi connectivity index (χ0n) is 19.4. The van der Waals surface area contributed by atoms with Crippen LogP contribution in [0.2, 0.25) is 0 Å². The molecule has 9 heteroatoms. The molecule has 2 aliphatic rings. The lowest BCUT2D eigenvalue weighted by Gasteiger charge is -2.33. The van der Waals surface area contributed by atoms with Crippen molar-refractivity contribution >= 4 is 18.1 Å². The molecule has 1 saturated carbocycles. The van der Waals surface area contributed by atoms with Crippen molar-refractivity contribution in [3.05, 3.63) is 0 Å². The van der Waals surface area contributed by atoms with Crippen LogP contribution in [0, 0.1) is 5.92 Å². The summed E-state index contributed by atoms with van der Waals surface area (Å²) in [7, 11) is 0. The van der Waals surface area contributed by atoms with Crippen LogP contribution in [0.25, 0.3) is 0 Å². The van der Waals surface area contributed by atoms with Crippen LogP contribution in [-0.4, -0.2) is 66.9 Å². The fourth-order valence-electron chi connectivity index (χ4n) is 3.69. The molecule has 0 amide bonds. The Morgan fingerprint density at radius 2 is 1.61 bits per heavy atom. The van der Waals surface area contributed by atoms with Gasteiger partial charge in [-0.2, -0.15) is 0 Å². The number of carbonyl (C=O) groups is 3. The van der Waals surface area contributed by atoms with E-state index in [0.717, 1.165) is 25.9 Å². The van der Waals surface area contributed by atoms with Gasteiger partial charge in [-0.05, 0) is 73.1 Å². The van der Waals surface area contributed by atoms with Crippen molar-refractivity contribution in [2.75, 3.05) is 19.7 Å². The average molecular weight is 444 g/mol. The predicted molar refractivity (Wildman–Crippen MR) is 111 cm³/mol. The number of rotatable bonds is 8. The molecule has 1 aliphatic heterocycles. The quantitative estimate of drug-likeness (QED) is 0.317. The van der Waals surface area contributed by atoms with E-state index in [0.29, 0.717) is 32.3 Å². The Balaban J connectivity index is 1.87. The first-order valence-electron chi connectivity index (χ1n) is 11.2. The molecule has 2 rings (SSSR count). The van der Waals surface area contributed by atoms with E-state index in [9.17, 15) is 14.4 Å². The molecule has 9 nitrogen and oxygen atoms in total. The maximum Gasteiger partial charge on any atom is 0.512 e. The maximum atomic E-state index is 12.3. The topological polar surface area (TPSA) is 101 Å². The van der Waals surface area contributed by atoms with Gasteiger partial charge in [0.2, 0.25) is 0 Å². The molecule has 178 valence electrons. The number of nitrogens with zero attached hydrogens (tertiary/aromatic N) is 1. The first kappa shape index (κ1) is 25.4. The number of ether oxygens (including phenoxy) is 5. The van der Waals surface area contributed by atoms with Crippen molar-refractivity contribution in [2.24, 2.45) is 5.92 Å². The van der Waals surface area contributed by atoms with E-state index in [4.69, 9.17) is 23.7 Å². The third kappa shape index (κ3) is 8.65. The van der Waals surface area contributed by atoms with E-state index in [2.05, 4.69) is 0 Å². The van der Waals surface area contributed by atoms with Gasteiger partial charge in [-0.25, -0.2) is 14.5 Å². The van der Waals surface area contributed by atoms with Crippen LogP contribution in [0.15, 0.2) is 0 Å². The summed E-state index contributed by atoms with van der Waals surface area (Å²) in [5.74, 6) is -0.904. The molecule has 0 aromatic heterocycles. The highest BCUT2D eigenvalue weighted by Crippen LogP contribution is 2.29. The van der Waals surface area contributed by atoms with Crippen molar-refractivity contribution in [1.29, 1.82) is 0 Å². The minimum absolute atomic E-state index is 0.106. The molecule has 2 fully saturated rings. The Kier molecular flexibility index (Phi) is 9.55. The fourth-order valence-corrected chi connectivity index (χ4v) is 3.69. The van der Waals surface area contributed by atoms with Gasteiger partial charge in [0.15, 0.2) is 6.10 Å². The molecule has 0 aromatic rings. The average Bonchev–Trinajstić information content (AvgIpc) is 3.21. The molecule has 1 heterocycles. The minimum atomic E-state index is -1.09. The SMILES string of the molecule is CCOC(=O)[C@H]1CC[C@H](OC(OC(=O)OC(C)C(=O)OC(C)(C)C)N2CCCC2)CC1. The van der Waals surface area contributed by atoms with E-state index in [1.807, 2.05) is 4.90 Å². The number of hydrogen-bond acceptors (Lipinski definition) is 9. The van der Waals surface area contributed by atoms with Crippen LogP contribution >= 0.6 is 0 Å². The van der Waals surface area contributed by atoms with Gasteiger partial charge in [-0.1, -0.05) is 0 Å². The molecule has 0 N–H and O–H groups in total. The molecule has 0 spiro atoms. The van der Waals surface area contributed by atoms with Gasteiger partial charge in [0.05, 0.1) is 18.6 Å². The van der Waals surface area contributed by atoms with Crippen LogP contribution in [0.1, 0.15) is 73.1 Å². The Morgan fingerprint density at radius 1 is 1.00 bits per heavy atom. The van der Waals surface area contributed by atoms with Crippen LogP contribution < -0.4 is 0 Å². The zero-order valence-corrected chi connectivity index (χ0v) is 19.4. The summed E-state index contributed by atoms with van der Waals surface area (Å²) >= 11 is 0. The predicted octanol–water partition coefficient (Wildman–Crippen LogP) is 3.39. The number of carbonyl (C=O) groups excluding carboxylic acids is 3. The Hall–Kier alpha value is -1.87. The summed E-state index contributed by atoms with van der Waals surface area (Å²) in [6, 6.07) is 0. The fraction of sp³-hybridized carbons (Fsp3) is 0.864. The molecular formula is C22H37NO8. The van der Waals surface area contributed by atoms with Gasteiger partial charge in [0.25, 0.3) is 6.41 Å². The van der Waals surface area contributed by atoms with Gasteiger partial charge < -0.3 is 23.7 Å². The third-order valence-corrected chi connectivity index (χ3v) is 5.25. The van der Waals surface area contributed by atoms with Crippen molar-refractivity contribution < 1.29 is 38.1 Å². The summed E-state index contributed by atoms with van der Waals surface area (Å²) in [6.07, 6.45) is 1.61. The first-order valence-corrected chi connectivity index (χ1v) is 11.2. The molecule has 2 unspecified atom stereocenters. The van der Waals surface area contributed by atoms with Gasteiger partial charge in [0.1, 0.15) is 5.60 Å². The lowest BCUT2D eigenvalue weighted by atomic mass is 9.87. The van der Waals surface area contributed by atoms with Crippen LogP contribution in [-0.2, 0) is 33.3 Å². The molecule has 1 aliphatic carbocycles. The van der Waals surface area contributed by atoms with Crippen molar-refractivity contribution in [2.45, 2.75) is 97.4 Å². The highest BCUT2D eigenvalue weighted by atomic mass is 16.8. The summed E-state index contributed by atoms with van der Waals surface area (Å²) in [4.78, 5) is 38.2. The second-order valence-electron chi connectivity index (χ2n) is 9.07. The second kappa shape index (κ2) is 11.7. The standard InChI is InChI=1S/C22H37NO8/c1-6-27-19(25)16-9-11-17(12-10-16)29-20(23-13-7-8-14-23)30-21(26)28-15(2)18(24)31-22(3,4)5/h15-17,20H,6-14H2,1-5H3/t15?,16-,17-,20?. The number of esters is 2. The summed E-state index contributed by atoms with van der Waals surface area (Å²) in [5.41, 5.74) is -0.678. The monoisotopic (exact) mass is 443 g/mol. The van der Waals surface area contributed by atoms with Gasteiger partial charge in [-0.15, -0.1) is 0 Å². The highest BCUT2D eigenvalue weighted by Gasteiger charge is 2.34. The molecule has 0 aromatic carbocycles. The van der Waals surface area contributed by atoms with E-state index >= 15 is 0 Å². The minimum Gasteiger partial charge on any atom is -0.466 e. The molecule has 31 heavy (non-hydrogen) atoms. The summed E-state index contributed by atoms with van der Waals surface area (Å²) < 4.78 is 27.0. The van der Waals surface area contributed by atoms with Crippen molar-refractivity contribution in [3.63, 3.8) is 0 Å². The molecule has 0 bridgehead atoms. The normalized spacial score (nSPS) is 24.2. The molecule has 2 atom stereocenters. The van der Waals surface area contributed by atoms with E-state index in [-0.39, 0.29) is 18.0 Å². The van der Waals surface area contributed by atoms with E-state index in [1.165, 1.54) is 6.92 Å². The molecular weight excluding hydrogens is 406 g/mol. The summed E-state index contributed by atoms with van der Waals surface area (Å²) in [5, 5.41) is 0. The van der Waals surface area contributed by atoms with Crippen molar-refractivity contribution in [1.82, 2.24) is 4.90 Å². The number of hydrogen-bond donors (Lipinski definition) is 0. The largest absolute Gasteiger partial charge is 0.512 e. The Labute approximate surface area is 184 Å². The highest BCUT2D eigenvalue weighted by molar-refractivity contribution is 5.77. The Bertz CT molecular complexity index is 603. The van der Waals surface area contributed by atoms with Crippen LogP contribution in [0.4, 0.5) is 4.79 Å². The number of likely N-dealkylation sites (tertiary alicyclic amines) is 1. The van der Waals surface area contributed by atoms with Crippen molar-refractivity contribution in [3.8, 4) is 0 Å². The lowest BCUT2D eigenvalue weighted by Crippen LogP contribution is -2.43. The van der Waals surface area contributed by atoms with Crippen LogP contribution in [0.5, 0.6) is 0 Å². The lowest BCUT2D eigenvalue weighted by molar-refractivity contribution is -0.228. The second-order valence-corrected chi connectivity index (χ2v) is 9.07.